The van der Waals surface area contributed by atoms with Crippen molar-refractivity contribution in [2.45, 2.75) is 37.5 Å². The summed E-state index contributed by atoms with van der Waals surface area (Å²) in [4.78, 5) is 28.0. The fraction of sp³-hybridized carbons (Fsp3) is 0.600. The van der Waals surface area contributed by atoms with Crippen molar-refractivity contribution in [3.05, 3.63) is 30.3 Å². The Morgan fingerprint density at radius 3 is 2.78 bits per heavy atom. The molecule has 2 aliphatic rings. The molecule has 1 aromatic rings. The third kappa shape index (κ3) is 5.68. The summed E-state index contributed by atoms with van der Waals surface area (Å²) in [5.74, 6) is 0.871. The van der Waals surface area contributed by atoms with Crippen LogP contribution in [0.15, 0.2) is 30.3 Å². The summed E-state index contributed by atoms with van der Waals surface area (Å²) in [7, 11) is 3.52. The van der Waals surface area contributed by atoms with Gasteiger partial charge in [-0.1, -0.05) is 18.2 Å². The quantitative estimate of drug-likeness (QED) is 0.767. The first-order valence-corrected chi connectivity index (χ1v) is 9.54. The normalized spacial score (nSPS) is 24.9. The highest BCUT2D eigenvalue weighted by Gasteiger charge is 2.38. The van der Waals surface area contributed by atoms with Crippen molar-refractivity contribution in [1.29, 1.82) is 0 Å². The van der Waals surface area contributed by atoms with E-state index < -0.39 is 0 Å². The van der Waals surface area contributed by atoms with Gasteiger partial charge in [0.2, 0.25) is 11.8 Å². The number of carbonyl (C=O) groups excluding carboxylic acids is 2. The number of amides is 2. The first-order chi connectivity index (χ1) is 13.0. The zero-order chi connectivity index (χ0) is 19.2. The van der Waals surface area contributed by atoms with Gasteiger partial charge in [0.05, 0.1) is 32.2 Å². The molecule has 1 N–H and O–H groups in total. The molecule has 0 spiro atoms. The van der Waals surface area contributed by atoms with Gasteiger partial charge >= 0.3 is 0 Å². The first-order valence-electron chi connectivity index (χ1n) is 9.54. The van der Waals surface area contributed by atoms with Crippen molar-refractivity contribution in [3.8, 4) is 5.75 Å². The fourth-order valence-corrected chi connectivity index (χ4v) is 3.63. The van der Waals surface area contributed by atoms with Crippen LogP contribution in [0.4, 0.5) is 0 Å². The Labute approximate surface area is 160 Å². The monoisotopic (exact) mass is 375 g/mol. The van der Waals surface area contributed by atoms with Crippen LogP contribution >= 0.6 is 0 Å². The molecule has 0 bridgehead atoms. The summed E-state index contributed by atoms with van der Waals surface area (Å²) < 4.78 is 11.4. The van der Waals surface area contributed by atoms with Gasteiger partial charge in [0.25, 0.3) is 0 Å². The van der Waals surface area contributed by atoms with Gasteiger partial charge in [-0.05, 0) is 18.6 Å². The number of morpholine rings is 1. The van der Waals surface area contributed by atoms with Crippen LogP contribution in [0.1, 0.15) is 19.3 Å². The fourth-order valence-electron chi connectivity index (χ4n) is 3.63. The molecule has 7 nitrogen and oxygen atoms in total. The molecule has 0 unspecified atom stereocenters. The second-order valence-electron chi connectivity index (χ2n) is 7.47. The minimum absolute atomic E-state index is 0.0102. The van der Waals surface area contributed by atoms with E-state index in [2.05, 4.69) is 10.2 Å². The van der Waals surface area contributed by atoms with Gasteiger partial charge in [0, 0.05) is 39.3 Å². The standard InChI is InChI=1S/C20H29N3O4/c1-22(2)20(25)11-18-13-23-12-15(10-16(23)14-27-18)21-19(24)8-9-26-17-6-4-3-5-7-17/h3-7,15-16,18H,8-14H2,1-2H3,(H,21,24)/t15-,16-,18-/m0/s1. The van der Waals surface area contributed by atoms with Gasteiger partial charge in [-0.25, -0.2) is 0 Å². The number of fused-ring (bicyclic) bond motifs is 1. The summed E-state index contributed by atoms with van der Waals surface area (Å²) in [6.45, 7) is 2.54. The van der Waals surface area contributed by atoms with Crippen molar-refractivity contribution in [1.82, 2.24) is 15.1 Å². The Bertz CT molecular complexity index is 637. The molecule has 2 aliphatic heterocycles. The lowest BCUT2D eigenvalue weighted by atomic mass is 10.1. The van der Waals surface area contributed by atoms with Crippen LogP contribution in [-0.2, 0) is 14.3 Å². The summed E-state index contributed by atoms with van der Waals surface area (Å²) >= 11 is 0. The zero-order valence-electron chi connectivity index (χ0n) is 16.1. The lowest BCUT2D eigenvalue weighted by Crippen LogP contribution is -2.47. The lowest BCUT2D eigenvalue weighted by Gasteiger charge is -2.35. The van der Waals surface area contributed by atoms with Crippen LogP contribution in [0.3, 0.4) is 0 Å². The minimum atomic E-state index is -0.0649. The SMILES string of the molecule is CN(C)C(=O)C[C@H]1CN2C[C@@H](NC(=O)CCOc3ccccc3)C[C@H]2CO1. The van der Waals surface area contributed by atoms with Gasteiger partial charge in [0.15, 0.2) is 0 Å². The number of nitrogens with one attached hydrogen (secondary N) is 1. The zero-order valence-corrected chi connectivity index (χ0v) is 16.1. The minimum Gasteiger partial charge on any atom is -0.493 e. The Balaban J connectivity index is 1.38. The number of para-hydroxylation sites is 1. The van der Waals surface area contributed by atoms with Crippen molar-refractivity contribution in [2.24, 2.45) is 0 Å². The molecule has 2 heterocycles. The van der Waals surface area contributed by atoms with Crippen LogP contribution in [0.25, 0.3) is 0 Å². The molecule has 2 amide bonds. The van der Waals surface area contributed by atoms with E-state index >= 15 is 0 Å². The number of hydrogen-bond donors (Lipinski definition) is 1. The van der Waals surface area contributed by atoms with Crippen molar-refractivity contribution in [3.63, 3.8) is 0 Å². The molecule has 27 heavy (non-hydrogen) atoms. The average molecular weight is 375 g/mol. The molecular weight excluding hydrogens is 346 g/mol. The smallest absolute Gasteiger partial charge is 0.224 e. The van der Waals surface area contributed by atoms with Crippen LogP contribution < -0.4 is 10.1 Å². The van der Waals surface area contributed by atoms with Gasteiger partial charge in [-0.3, -0.25) is 14.5 Å². The first kappa shape index (κ1) is 19.6. The van der Waals surface area contributed by atoms with Crippen LogP contribution in [-0.4, -0.2) is 80.2 Å². The number of nitrogens with zero attached hydrogens (tertiary/aromatic N) is 2. The van der Waals surface area contributed by atoms with E-state index in [1.807, 2.05) is 30.3 Å². The second kappa shape index (κ2) is 9.19. The Hall–Kier alpha value is -2.12. The molecule has 3 rings (SSSR count). The van der Waals surface area contributed by atoms with Crippen molar-refractivity contribution < 1.29 is 19.1 Å². The van der Waals surface area contributed by atoms with E-state index in [4.69, 9.17) is 9.47 Å². The van der Waals surface area contributed by atoms with Crippen molar-refractivity contribution in [2.75, 3.05) is 40.4 Å². The molecule has 0 aromatic heterocycles. The maximum Gasteiger partial charge on any atom is 0.224 e. The van der Waals surface area contributed by atoms with Gasteiger partial charge in [-0.2, -0.15) is 0 Å². The third-order valence-electron chi connectivity index (χ3n) is 5.10. The molecule has 7 heteroatoms. The van der Waals surface area contributed by atoms with Gasteiger partial charge < -0.3 is 19.7 Å². The maximum atomic E-state index is 12.2. The topological polar surface area (TPSA) is 71.1 Å². The van der Waals surface area contributed by atoms with E-state index in [1.54, 1.807) is 19.0 Å². The summed E-state index contributed by atoms with van der Waals surface area (Å²) in [6, 6.07) is 9.96. The molecule has 2 fully saturated rings. The van der Waals surface area contributed by atoms with Gasteiger partial charge in [0.1, 0.15) is 5.75 Å². The van der Waals surface area contributed by atoms with E-state index in [-0.39, 0.29) is 24.0 Å². The van der Waals surface area contributed by atoms with Gasteiger partial charge in [-0.15, -0.1) is 0 Å². The van der Waals surface area contributed by atoms with Crippen molar-refractivity contribution >= 4 is 11.8 Å². The molecular formula is C20H29N3O4. The predicted molar refractivity (Wildman–Crippen MR) is 102 cm³/mol. The molecule has 0 aliphatic carbocycles. The molecule has 2 saturated heterocycles. The van der Waals surface area contributed by atoms with E-state index in [0.717, 1.165) is 25.3 Å². The third-order valence-corrected chi connectivity index (χ3v) is 5.10. The maximum absolute atomic E-state index is 12.2. The lowest BCUT2D eigenvalue weighted by molar-refractivity contribution is -0.134. The number of rotatable bonds is 7. The molecule has 148 valence electrons. The summed E-state index contributed by atoms with van der Waals surface area (Å²) in [6.07, 6.45) is 1.57. The van der Waals surface area contributed by atoms with E-state index in [1.165, 1.54) is 0 Å². The number of ether oxygens (including phenoxy) is 2. The summed E-state index contributed by atoms with van der Waals surface area (Å²) in [5, 5.41) is 3.10. The Morgan fingerprint density at radius 1 is 1.26 bits per heavy atom. The predicted octanol–water partition coefficient (Wildman–Crippen LogP) is 0.892. The van der Waals surface area contributed by atoms with Crippen LogP contribution in [0.2, 0.25) is 0 Å². The van der Waals surface area contributed by atoms with E-state index in [9.17, 15) is 9.59 Å². The molecule has 0 radical (unpaired) electrons. The molecule has 0 saturated carbocycles. The number of carbonyl (C=O) groups is 2. The highest BCUT2D eigenvalue weighted by Crippen LogP contribution is 2.24. The largest absolute Gasteiger partial charge is 0.493 e. The second-order valence-corrected chi connectivity index (χ2v) is 7.47. The molecule has 1 aromatic carbocycles. The Morgan fingerprint density at radius 2 is 2.04 bits per heavy atom. The Kier molecular flexibility index (Phi) is 6.68. The highest BCUT2D eigenvalue weighted by molar-refractivity contribution is 5.76. The number of hydrogen-bond acceptors (Lipinski definition) is 5. The number of benzene rings is 1. The summed E-state index contributed by atoms with van der Waals surface area (Å²) in [5.41, 5.74) is 0. The van der Waals surface area contributed by atoms with Crippen LogP contribution in [0, 0.1) is 0 Å². The van der Waals surface area contributed by atoms with Crippen LogP contribution in [0.5, 0.6) is 5.75 Å². The van der Waals surface area contributed by atoms with E-state index in [0.29, 0.717) is 32.1 Å². The molecule has 3 atom stereocenters. The highest BCUT2D eigenvalue weighted by atomic mass is 16.5. The average Bonchev–Trinajstić information content (AvgIpc) is 3.03.